The Bertz CT molecular complexity index is 615. The summed E-state index contributed by atoms with van der Waals surface area (Å²) in [4.78, 5) is 14.4. The van der Waals surface area contributed by atoms with Crippen molar-refractivity contribution in [3.05, 3.63) is 28.8 Å². The van der Waals surface area contributed by atoms with Crippen LogP contribution in [0.15, 0.2) is 18.2 Å². The van der Waals surface area contributed by atoms with Crippen LogP contribution in [-0.2, 0) is 0 Å². The van der Waals surface area contributed by atoms with E-state index in [4.69, 9.17) is 17.4 Å². The molecule has 0 spiro atoms. The number of aromatic nitrogens is 3. The average Bonchev–Trinajstić information content (AvgIpc) is 2.43. The maximum absolute atomic E-state index is 6.09. The Hall–Kier alpha value is -2.12. The normalized spacial score (nSPS) is 10.2. The van der Waals surface area contributed by atoms with E-state index in [0.29, 0.717) is 16.9 Å². The summed E-state index contributed by atoms with van der Waals surface area (Å²) in [5, 5.41) is 3.79. The van der Waals surface area contributed by atoms with Crippen molar-refractivity contribution < 1.29 is 0 Å². The van der Waals surface area contributed by atoms with Crippen molar-refractivity contribution >= 4 is 35.1 Å². The van der Waals surface area contributed by atoms with Crippen LogP contribution < -0.4 is 21.5 Å². The number of nitrogen functional groups attached to an aromatic ring is 1. The van der Waals surface area contributed by atoms with E-state index >= 15 is 0 Å². The van der Waals surface area contributed by atoms with Gasteiger partial charge in [-0.25, -0.2) is 5.84 Å². The number of nitrogens with one attached hydrogen (secondary N) is 2. The first-order valence-corrected chi connectivity index (χ1v) is 6.31. The maximum Gasteiger partial charge on any atom is 0.243 e. The fourth-order valence-corrected chi connectivity index (χ4v) is 1.72. The van der Waals surface area contributed by atoms with Gasteiger partial charge in [0.25, 0.3) is 0 Å². The molecule has 2 aromatic rings. The van der Waals surface area contributed by atoms with Gasteiger partial charge in [0.1, 0.15) is 0 Å². The maximum atomic E-state index is 6.09. The van der Waals surface area contributed by atoms with Gasteiger partial charge in [-0.05, 0) is 24.6 Å². The van der Waals surface area contributed by atoms with Crippen LogP contribution >= 0.6 is 11.6 Å². The summed E-state index contributed by atoms with van der Waals surface area (Å²) >= 11 is 6.09. The molecule has 0 radical (unpaired) electrons. The molecule has 0 bridgehead atoms. The predicted molar refractivity (Wildman–Crippen MR) is 81.4 cm³/mol. The summed E-state index contributed by atoms with van der Waals surface area (Å²) < 4.78 is 0. The minimum Gasteiger partial charge on any atom is -0.347 e. The van der Waals surface area contributed by atoms with Crippen LogP contribution in [0.2, 0.25) is 5.02 Å². The van der Waals surface area contributed by atoms with E-state index in [1.165, 1.54) is 0 Å². The molecule has 1 aromatic heterocycles. The highest BCUT2D eigenvalue weighted by Crippen LogP contribution is 2.25. The van der Waals surface area contributed by atoms with Gasteiger partial charge < -0.3 is 10.2 Å². The highest BCUT2D eigenvalue weighted by molar-refractivity contribution is 6.31. The molecule has 1 aromatic carbocycles. The summed E-state index contributed by atoms with van der Waals surface area (Å²) in [6.45, 7) is 1.92. The largest absolute Gasteiger partial charge is 0.347 e. The van der Waals surface area contributed by atoms with Crippen molar-refractivity contribution in [2.75, 3.05) is 29.7 Å². The summed E-state index contributed by atoms with van der Waals surface area (Å²) in [6, 6.07) is 5.58. The molecule has 8 heteroatoms. The first-order chi connectivity index (χ1) is 9.51. The van der Waals surface area contributed by atoms with Gasteiger partial charge in [-0.2, -0.15) is 15.0 Å². The summed E-state index contributed by atoms with van der Waals surface area (Å²) in [5.41, 5.74) is 4.17. The topological polar surface area (TPSA) is 92.0 Å². The Labute approximate surface area is 122 Å². The fourth-order valence-electron chi connectivity index (χ4n) is 1.55. The lowest BCUT2D eigenvalue weighted by Crippen LogP contribution is -2.18. The Morgan fingerprint density at radius 3 is 2.50 bits per heavy atom. The van der Waals surface area contributed by atoms with Crippen molar-refractivity contribution in [1.82, 2.24) is 15.0 Å². The molecule has 7 nitrogen and oxygen atoms in total. The minimum absolute atomic E-state index is 0.283. The van der Waals surface area contributed by atoms with Gasteiger partial charge in [0.2, 0.25) is 17.8 Å². The zero-order chi connectivity index (χ0) is 14.7. The number of hydrazine groups is 1. The van der Waals surface area contributed by atoms with Crippen LogP contribution in [0.5, 0.6) is 0 Å². The molecular weight excluding hydrogens is 278 g/mol. The average molecular weight is 294 g/mol. The van der Waals surface area contributed by atoms with Gasteiger partial charge >= 0.3 is 0 Å². The number of hydrogen-bond donors (Lipinski definition) is 3. The van der Waals surface area contributed by atoms with Crippen LogP contribution in [-0.4, -0.2) is 29.0 Å². The number of nitrogens with zero attached hydrogens (tertiary/aromatic N) is 4. The molecule has 0 aliphatic rings. The van der Waals surface area contributed by atoms with Crippen LogP contribution in [0.1, 0.15) is 5.56 Å². The Balaban J connectivity index is 2.37. The third kappa shape index (κ3) is 3.06. The summed E-state index contributed by atoms with van der Waals surface area (Å²) in [5.74, 6) is 6.53. The van der Waals surface area contributed by atoms with Crippen molar-refractivity contribution in [2.45, 2.75) is 6.92 Å². The van der Waals surface area contributed by atoms with Crippen LogP contribution in [0.25, 0.3) is 0 Å². The molecule has 0 aliphatic heterocycles. The number of hydrogen-bond acceptors (Lipinski definition) is 7. The predicted octanol–water partition coefficient (Wildman–Crippen LogP) is 1.93. The number of nitrogens with two attached hydrogens (primary N) is 1. The van der Waals surface area contributed by atoms with Crippen molar-refractivity contribution in [1.29, 1.82) is 0 Å². The van der Waals surface area contributed by atoms with E-state index in [1.54, 1.807) is 4.90 Å². The van der Waals surface area contributed by atoms with Crippen LogP contribution in [0, 0.1) is 6.92 Å². The smallest absolute Gasteiger partial charge is 0.243 e. The summed E-state index contributed by atoms with van der Waals surface area (Å²) in [7, 11) is 3.67. The molecule has 0 amide bonds. The highest BCUT2D eigenvalue weighted by atomic mass is 35.5. The zero-order valence-electron chi connectivity index (χ0n) is 11.5. The van der Waals surface area contributed by atoms with Gasteiger partial charge in [0.15, 0.2) is 0 Å². The molecule has 2 rings (SSSR count). The van der Waals surface area contributed by atoms with E-state index < -0.39 is 0 Å². The molecule has 0 fully saturated rings. The summed E-state index contributed by atoms with van der Waals surface area (Å²) in [6.07, 6.45) is 0. The van der Waals surface area contributed by atoms with E-state index in [0.717, 1.165) is 11.3 Å². The molecule has 0 atom stereocenters. The second-order valence-corrected chi connectivity index (χ2v) is 4.77. The number of rotatable bonds is 4. The third-order valence-electron chi connectivity index (χ3n) is 2.67. The number of anilines is 4. The fraction of sp³-hybridized carbons (Fsp3) is 0.250. The molecule has 1 heterocycles. The molecule has 0 saturated carbocycles. The van der Waals surface area contributed by atoms with Gasteiger partial charge in [-0.3, -0.25) is 5.43 Å². The second-order valence-electron chi connectivity index (χ2n) is 4.36. The van der Waals surface area contributed by atoms with E-state index in [9.17, 15) is 0 Å². The zero-order valence-corrected chi connectivity index (χ0v) is 12.2. The molecule has 0 unspecified atom stereocenters. The van der Waals surface area contributed by atoms with Gasteiger partial charge in [0, 0.05) is 24.8 Å². The molecular formula is C12H16ClN7. The first kappa shape index (κ1) is 14.3. The monoisotopic (exact) mass is 293 g/mol. The van der Waals surface area contributed by atoms with Crippen molar-refractivity contribution in [3.63, 3.8) is 0 Å². The quantitative estimate of drug-likeness (QED) is 0.586. The first-order valence-electron chi connectivity index (χ1n) is 5.93. The molecule has 0 aliphatic carbocycles. The van der Waals surface area contributed by atoms with Crippen molar-refractivity contribution in [2.24, 2.45) is 5.84 Å². The van der Waals surface area contributed by atoms with Crippen LogP contribution in [0.4, 0.5) is 23.5 Å². The van der Waals surface area contributed by atoms with E-state index in [2.05, 4.69) is 25.7 Å². The Kier molecular flexibility index (Phi) is 4.21. The standard InChI is InChI=1S/C12H16ClN7/c1-7-8(13)5-4-6-9(7)15-10-16-11(19-14)18-12(17-10)20(2)3/h4-6H,14H2,1-3H3,(H2,15,16,17,18,19). The SMILES string of the molecule is Cc1c(Cl)cccc1Nc1nc(NN)nc(N(C)C)n1. The van der Waals surface area contributed by atoms with Crippen molar-refractivity contribution in [3.8, 4) is 0 Å². The number of benzene rings is 1. The molecule has 20 heavy (non-hydrogen) atoms. The lowest BCUT2D eigenvalue weighted by atomic mass is 10.2. The molecule has 0 saturated heterocycles. The number of halogens is 1. The Morgan fingerprint density at radius 2 is 1.85 bits per heavy atom. The minimum atomic E-state index is 0.283. The second kappa shape index (κ2) is 5.89. The van der Waals surface area contributed by atoms with E-state index in [-0.39, 0.29) is 5.95 Å². The Morgan fingerprint density at radius 1 is 1.15 bits per heavy atom. The van der Waals surface area contributed by atoms with E-state index in [1.807, 2.05) is 39.2 Å². The lowest BCUT2D eigenvalue weighted by Gasteiger charge is -2.14. The van der Waals surface area contributed by atoms with Gasteiger partial charge in [0.05, 0.1) is 0 Å². The molecule has 106 valence electrons. The third-order valence-corrected chi connectivity index (χ3v) is 3.08. The van der Waals surface area contributed by atoms with Crippen LogP contribution in [0.3, 0.4) is 0 Å². The lowest BCUT2D eigenvalue weighted by molar-refractivity contribution is 0.957. The van der Waals surface area contributed by atoms with Gasteiger partial charge in [-0.1, -0.05) is 17.7 Å². The van der Waals surface area contributed by atoms with Gasteiger partial charge in [-0.15, -0.1) is 0 Å². The highest BCUT2D eigenvalue weighted by Gasteiger charge is 2.09. The molecule has 4 N–H and O–H groups in total.